The number of rotatable bonds is 3. The van der Waals surface area contributed by atoms with Gasteiger partial charge in [0.05, 0.1) is 11.6 Å². The summed E-state index contributed by atoms with van der Waals surface area (Å²) >= 11 is 0. The van der Waals surface area contributed by atoms with Crippen molar-refractivity contribution in [2.45, 2.75) is 45.6 Å². The molecule has 0 aliphatic heterocycles. The molecule has 1 N–H and O–H groups in total. The van der Waals surface area contributed by atoms with Gasteiger partial charge in [-0.15, -0.1) is 0 Å². The Balaban J connectivity index is 1.72. The lowest BCUT2D eigenvalue weighted by Gasteiger charge is -2.24. The van der Waals surface area contributed by atoms with Crippen molar-refractivity contribution in [2.75, 3.05) is 0 Å². The second kappa shape index (κ2) is 5.72. The topological polar surface area (TPSA) is 55.1 Å². The Hall–Kier alpha value is -2.10. The highest BCUT2D eigenvalue weighted by molar-refractivity contribution is 5.84. The third kappa shape index (κ3) is 2.71. The predicted octanol–water partition coefficient (Wildman–Crippen LogP) is 3.03. The van der Waals surface area contributed by atoms with Crippen LogP contribution in [0.4, 0.5) is 0 Å². The monoisotopic (exact) mass is 284 g/mol. The molecule has 1 aromatic heterocycles. The van der Waals surface area contributed by atoms with Crippen LogP contribution in [0.25, 0.3) is 0 Å². The summed E-state index contributed by atoms with van der Waals surface area (Å²) in [5.41, 5.74) is 4.31. The van der Waals surface area contributed by atoms with Gasteiger partial charge in [0.25, 0.3) is 0 Å². The van der Waals surface area contributed by atoms with Gasteiger partial charge in [-0.1, -0.05) is 29.4 Å². The number of carbonyl (C=O) groups excluding carboxylic acids is 1. The zero-order valence-corrected chi connectivity index (χ0v) is 12.5. The van der Waals surface area contributed by atoms with Crippen molar-refractivity contribution in [1.29, 1.82) is 0 Å². The van der Waals surface area contributed by atoms with Crippen LogP contribution in [0.15, 0.2) is 28.8 Å². The van der Waals surface area contributed by atoms with Gasteiger partial charge in [-0.05, 0) is 44.2 Å². The Morgan fingerprint density at radius 1 is 1.38 bits per heavy atom. The highest BCUT2D eigenvalue weighted by Crippen LogP contribution is 2.31. The number of carbonyl (C=O) groups is 1. The maximum atomic E-state index is 12.5. The molecule has 0 spiro atoms. The molecule has 1 atom stereocenters. The minimum atomic E-state index is -0.0320. The summed E-state index contributed by atoms with van der Waals surface area (Å²) in [5, 5.41) is 6.95. The van der Waals surface area contributed by atoms with Gasteiger partial charge in [-0.2, -0.15) is 0 Å². The molecule has 0 saturated carbocycles. The normalized spacial score (nSPS) is 17.3. The van der Waals surface area contributed by atoms with E-state index in [0.29, 0.717) is 6.54 Å². The van der Waals surface area contributed by atoms with Gasteiger partial charge in [-0.25, -0.2) is 0 Å². The van der Waals surface area contributed by atoms with Gasteiger partial charge in [-0.3, -0.25) is 4.79 Å². The number of aromatic nitrogens is 1. The van der Waals surface area contributed by atoms with E-state index in [2.05, 4.69) is 22.6 Å². The van der Waals surface area contributed by atoms with Gasteiger partial charge < -0.3 is 9.84 Å². The van der Waals surface area contributed by atoms with Crippen LogP contribution in [-0.4, -0.2) is 11.1 Å². The van der Waals surface area contributed by atoms with Crippen LogP contribution in [0.1, 0.15) is 46.9 Å². The van der Waals surface area contributed by atoms with E-state index in [9.17, 15) is 4.79 Å². The molecule has 2 aromatic rings. The van der Waals surface area contributed by atoms with E-state index in [0.717, 1.165) is 36.3 Å². The molecule has 3 rings (SSSR count). The van der Waals surface area contributed by atoms with Crippen LogP contribution in [0.2, 0.25) is 0 Å². The smallest absolute Gasteiger partial charge is 0.227 e. The van der Waals surface area contributed by atoms with E-state index in [-0.39, 0.29) is 11.8 Å². The van der Waals surface area contributed by atoms with Crippen molar-refractivity contribution in [2.24, 2.45) is 0 Å². The third-order valence-corrected chi connectivity index (χ3v) is 4.31. The molecule has 0 bridgehead atoms. The van der Waals surface area contributed by atoms with Gasteiger partial charge in [0.2, 0.25) is 5.91 Å². The van der Waals surface area contributed by atoms with E-state index in [1.807, 2.05) is 26.0 Å². The standard InChI is InChI=1S/C17H20N2O2/c1-11-16(12(2)21-19-11)10-18-17(20)15-9-5-7-13-6-3-4-8-14(13)15/h3-4,6,8,15H,5,7,9-10H2,1-2H3,(H,18,20). The predicted molar refractivity (Wildman–Crippen MR) is 79.9 cm³/mol. The van der Waals surface area contributed by atoms with E-state index >= 15 is 0 Å². The van der Waals surface area contributed by atoms with E-state index in [1.54, 1.807) is 0 Å². The number of aryl methyl sites for hydroxylation is 3. The summed E-state index contributed by atoms with van der Waals surface area (Å²) in [6.45, 7) is 4.25. The number of hydrogen-bond acceptors (Lipinski definition) is 3. The van der Waals surface area contributed by atoms with Gasteiger partial charge in [0, 0.05) is 12.1 Å². The molecule has 4 nitrogen and oxygen atoms in total. The number of hydrogen-bond donors (Lipinski definition) is 1. The number of fused-ring (bicyclic) bond motifs is 1. The lowest BCUT2D eigenvalue weighted by Crippen LogP contribution is -2.31. The summed E-state index contributed by atoms with van der Waals surface area (Å²) in [6, 6.07) is 8.26. The molecule has 1 aliphatic rings. The maximum absolute atomic E-state index is 12.5. The first-order chi connectivity index (χ1) is 10.2. The van der Waals surface area contributed by atoms with Crippen LogP contribution in [0.5, 0.6) is 0 Å². The molecular weight excluding hydrogens is 264 g/mol. The zero-order valence-electron chi connectivity index (χ0n) is 12.5. The fourth-order valence-corrected chi connectivity index (χ4v) is 3.08. The molecule has 1 aromatic carbocycles. The Morgan fingerprint density at radius 3 is 2.95 bits per heavy atom. The molecule has 1 unspecified atom stereocenters. The fraction of sp³-hybridized carbons (Fsp3) is 0.412. The largest absolute Gasteiger partial charge is 0.361 e. The molecular formula is C17H20N2O2. The highest BCUT2D eigenvalue weighted by Gasteiger charge is 2.26. The lowest BCUT2D eigenvalue weighted by molar-refractivity contribution is -0.123. The summed E-state index contributed by atoms with van der Waals surface area (Å²) < 4.78 is 5.13. The molecule has 0 fully saturated rings. The van der Waals surface area contributed by atoms with Gasteiger partial charge in [0.15, 0.2) is 0 Å². The first kappa shape index (κ1) is 13.9. The van der Waals surface area contributed by atoms with Crippen molar-refractivity contribution in [3.8, 4) is 0 Å². The quantitative estimate of drug-likeness (QED) is 0.942. The van der Waals surface area contributed by atoms with E-state index in [1.165, 1.54) is 11.1 Å². The van der Waals surface area contributed by atoms with Crippen molar-refractivity contribution in [3.05, 3.63) is 52.4 Å². The van der Waals surface area contributed by atoms with Crippen LogP contribution in [0, 0.1) is 13.8 Å². The van der Waals surface area contributed by atoms with Crippen LogP contribution in [0.3, 0.4) is 0 Å². The summed E-state index contributed by atoms with van der Waals surface area (Å²) in [6.07, 6.45) is 3.06. The second-order valence-electron chi connectivity index (χ2n) is 5.66. The molecule has 0 radical (unpaired) electrons. The first-order valence-electron chi connectivity index (χ1n) is 7.44. The van der Waals surface area contributed by atoms with Crippen molar-refractivity contribution >= 4 is 5.91 Å². The molecule has 1 aliphatic carbocycles. The molecule has 1 heterocycles. The molecule has 4 heteroatoms. The second-order valence-corrected chi connectivity index (χ2v) is 5.66. The van der Waals surface area contributed by atoms with Crippen molar-refractivity contribution < 1.29 is 9.32 Å². The Kier molecular flexibility index (Phi) is 3.78. The van der Waals surface area contributed by atoms with Gasteiger partial charge in [0.1, 0.15) is 5.76 Å². The van der Waals surface area contributed by atoms with Crippen LogP contribution < -0.4 is 5.32 Å². The fourth-order valence-electron chi connectivity index (χ4n) is 3.08. The minimum Gasteiger partial charge on any atom is -0.361 e. The zero-order chi connectivity index (χ0) is 14.8. The first-order valence-corrected chi connectivity index (χ1v) is 7.44. The number of benzene rings is 1. The van der Waals surface area contributed by atoms with Crippen molar-refractivity contribution in [3.63, 3.8) is 0 Å². The Morgan fingerprint density at radius 2 is 2.19 bits per heavy atom. The maximum Gasteiger partial charge on any atom is 0.227 e. The minimum absolute atomic E-state index is 0.0320. The average Bonchev–Trinajstić information content (AvgIpc) is 2.83. The van der Waals surface area contributed by atoms with Crippen LogP contribution >= 0.6 is 0 Å². The molecule has 0 saturated heterocycles. The average molecular weight is 284 g/mol. The SMILES string of the molecule is Cc1noc(C)c1CNC(=O)C1CCCc2ccccc21. The lowest BCUT2D eigenvalue weighted by atomic mass is 9.82. The highest BCUT2D eigenvalue weighted by atomic mass is 16.5. The summed E-state index contributed by atoms with van der Waals surface area (Å²) in [5.74, 6) is 0.842. The molecule has 1 amide bonds. The summed E-state index contributed by atoms with van der Waals surface area (Å²) in [4.78, 5) is 12.5. The Labute approximate surface area is 124 Å². The molecule has 21 heavy (non-hydrogen) atoms. The Bertz CT molecular complexity index is 641. The third-order valence-electron chi connectivity index (χ3n) is 4.31. The number of nitrogens with zero attached hydrogens (tertiary/aromatic N) is 1. The van der Waals surface area contributed by atoms with Crippen molar-refractivity contribution in [1.82, 2.24) is 10.5 Å². The summed E-state index contributed by atoms with van der Waals surface area (Å²) in [7, 11) is 0. The number of amides is 1. The van der Waals surface area contributed by atoms with E-state index < -0.39 is 0 Å². The van der Waals surface area contributed by atoms with E-state index in [4.69, 9.17) is 4.52 Å². The molecule has 110 valence electrons. The number of nitrogens with one attached hydrogen (secondary N) is 1. The van der Waals surface area contributed by atoms with Gasteiger partial charge >= 0.3 is 0 Å². The van der Waals surface area contributed by atoms with Crippen LogP contribution in [-0.2, 0) is 17.8 Å².